The van der Waals surface area contributed by atoms with Gasteiger partial charge in [0.15, 0.2) is 0 Å². The van der Waals surface area contributed by atoms with Gasteiger partial charge in [-0.15, -0.1) is 0 Å². The number of alkyl carbamates (subject to hydrolysis) is 1. The van der Waals surface area contributed by atoms with E-state index in [9.17, 15) is 4.79 Å². The van der Waals surface area contributed by atoms with Gasteiger partial charge in [0.1, 0.15) is 6.10 Å². The Labute approximate surface area is 92.6 Å². The van der Waals surface area contributed by atoms with E-state index in [2.05, 4.69) is 5.32 Å². The summed E-state index contributed by atoms with van der Waals surface area (Å²) in [7, 11) is 0. The summed E-state index contributed by atoms with van der Waals surface area (Å²) in [6.07, 6.45) is 7.13. The standard InChI is InChI=1S/C12H23NO2/c1-3-10(2)15-12(14)13-9-11-7-5-4-6-8-11/h10-11H,3-9H2,1-2H3,(H,13,14). The highest BCUT2D eigenvalue weighted by atomic mass is 16.6. The maximum atomic E-state index is 11.3. The molecule has 0 heterocycles. The topological polar surface area (TPSA) is 38.3 Å². The van der Waals surface area contributed by atoms with E-state index in [0.717, 1.165) is 13.0 Å². The SMILES string of the molecule is CCC(C)OC(=O)NCC1CCCCC1. The predicted octanol–water partition coefficient (Wildman–Crippen LogP) is 3.09. The second kappa shape index (κ2) is 6.70. The normalized spacial score (nSPS) is 19.6. The fraction of sp³-hybridized carbons (Fsp3) is 0.917. The number of hydrogen-bond donors (Lipinski definition) is 1. The second-order valence-corrected chi connectivity index (χ2v) is 4.51. The Kier molecular flexibility index (Phi) is 5.51. The summed E-state index contributed by atoms with van der Waals surface area (Å²) in [6, 6.07) is 0. The van der Waals surface area contributed by atoms with Crippen LogP contribution in [0.15, 0.2) is 0 Å². The fourth-order valence-corrected chi connectivity index (χ4v) is 1.93. The second-order valence-electron chi connectivity index (χ2n) is 4.51. The van der Waals surface area contributed by atoms with Gasteiger partial charge >= 0.3 is 6.09 Å². The molecule has 88 valence electrons. The van der Waals surface area contributed by atoms with E-state index in [1.54, 1.807) is 0 Å². The first-order chi connectivity index (χ1) is 7.22. The van der Waals surface area contributed by atoms with Crippen molar-refractivity contribution in [2.45, 2.75) is 58.5 Å². The first-order valence-corrected chi connectivity index (χ1v) is 6.16. The molecule has 3 nitrogen and oxygen atoms in total. The molecular weight excluding hydrogens is 190 g/mol. The molecule has 0 saturated heterocycles. The van der Waals surface area contributed by atoms with Crippen LogP contribution in [0, 0.1) is 5.92 Å². The summed E-state index contributed by atoms with van der Waals surface area (Å²) < 4.78 is 5.14. The van der Waals surface area contributed by atoms with E-state index in [1.807, 2.05) is 13.8 Å². The van der Waals surface area contributed by atoms with Crippen molar-refractivity contribution < 1.29 is 9.53 Å². The number of nitrogens with one attached hydrogen (secondary N) is 1. The molecule has 1 aliphatic rings. The van der Waals surface area contributed by atoms with Crippen LogP contribution in [-0.2, 0) is 4.74 Å². The molecule has 1 rings (SSSR count). The van der Waals surface area contributed by atoms with Crippen molar-refractivity contribution in [3.05, 3.63) is 0 Å². The van der Waals surface area contributed by atoms with Gasteiger partial charge in [-0.1, -0.05) is 26.2 Å². The van der Waals surface area contributed by atoms with Crippen LogP contribution >= 0.6 is 0 Å². The highest BCUT2D eigenvalue weighted by molar-refractivity contribution is 5.67. The average molecular weight is 213 g/mol. The summed E-state index contributed by atoms with van der Waals surface area (Å²) in [5.74, 6) is 0.670. The van der Waals surface area contributed by atoms with Gasteiger partial charge < -0.3 is 10.1 Å². The van der Waals surface area contributed by atoms with Crippen molar-refractivity contribution >= 4 is 6.09 Å². The van der Waals surface area contributed by atoms with Crippen molar-refractivity contribution in [1.29, 1.82) is 0 Å². The molecule has 3 heteroatoms. The minimum absolute atomic E-state index is 0.0244. The van der Waals surface area contributed by atoms with E-state index in [4.69, 9.17) is 4.74 Å². The molecule has 1 atom stereocenters. The van der Waals surface area contributed by atoms with Crippen LogP contribution in [0.5, 0.6) is 0 Å². The maximum absolute atomic E-state index is 11.3. The molecule has 1 N–H and O–H groups in total. The molecule has 0 radical (unpaired) electrons. The Morgan fingerprint density at radius 3 is 2.67 bits per heavy atom. The number of amides is 1. The Bertz CT molecular complexity index is 188. The van der Waals surface area contributed by atoms with E-state index in [1.165, 1.54) is 32.1 Å². The van der Waals surface area contributed by atoms with Crippen molar-refractivity contribution in [1.82, 2.24) is 5.32 Å². The van der Waals surface area contributed by atoms with Crippen LogP contribution in [0.4, 0.5) is 4.79 Å². The summed E-state index contributed by atoms with van der Waals surface area (Å²) in [4.78, 5) is 11.3. The number of hydrogen-bond acceptors (Lipinski definition) is 2. The van der Waals surface area contributed by atoms with Gasteiger partial charge in [0.25, 0.3) is 0 Å². The van der Waals surface area contributed by atoms with Gasteiger partial charge in [-0.25, -0.2) is 4.79 Å². The number of carbonyl (C=O) groups excluding carboxylic acids is 1. The molecule has 0 aromatic carbocycles. The number of carbonyl (C=O) groups is 1. The van der Waals surface area contributed by atoms with Crippen LogP contribution in [0.3, 0.4) is 0 Å². The van der Waals surface area contributed by atoms with E-state index < -0.39 is 0 Å². The van der Waals surface area contributed by atoms with Gasteiger partial charge in [-0.3, -0.25) is 0 Å². The molecule has 0 aromatic rings. The highest BCUT2D eigenvalue weighted by Crippen LogP contribution is 2.22. The Morgan fingerprint density at radius 1 is 1.40 bits per heavy atom. The first kappa shape index (κ1) is 12.3. The third kappa shape index (κ3) is 5.05. The minimum Gasteiger partial charge on any atom is -0.447 e. The van der Waals surface area contributed by atoms with Crippen molar-refractivity contribution in [3.8, 4) is 0 Å². The molecule has 0 spiro atoms. The quantitative estimate of drug-likeness (QED) is 0.779. The third-order valence-electron chi connectivity index (χ3n) is 3.14. The molecular formula is C12H23NO2. The largest absolute Gasteiger partial charge is 0.447 e. The Morgan fingerprint density at radius 2 is 2.07 bits per heavy atom. The lowest BCUT2D eigenvalue weighted by Crippen LogP contribution is -2.32. The zero-order valence-electron chi connectivity index (χ0n) is 9.92. The predicted molar refractivity (Wildman–Crippen MR) is 60.8 cm³/mol. The van der Waals surface area contributed by atoms with Crippen LogP contribution < -0.4 is 5.32 Å². The molecule has 0 aromatic heterocycles. The smallest absolute Gasteiger partial charge is 0.407 e. The zero-order valence-corrected chi connectivity index (χ0v) is 9.92. The lowest BCUT2D eigenvalue weighted by Gasteiger charge is -2.22. The van der Waals surface area contributed by atoms with Gasteiger partial charge in [0.05, 0.1) is 0 Å². The average Bonchev–Trinajstić information content (AvgIpc) is 2.27. The minimum atomic E-state index is -0.255. The lowest BCUT2D eigenvalue weighted by molar-refractivity contribution is 0.103. The lowest BCUT2D eigenvalue weighted by atomic mass is 9.89. The Hall–Kier alpha value is -0.730. The van der Waals surface area contributed by atoms with Crippen LogP contribution in [0.1, 0.15) is 52.4 Å². The first-order valence-electron chi connectivity index (χ1n) is 6.16. The summed E-state index contributed by atoms with van der Waals surface area (Å²) in [5.41, 5.74) is 0. The van der Waals surface area contributed by atoms with Gasteiger partial charge in [0, 0.05) is 6.54 Å². The van der Waals surface area contributed by atoms with Gasteiger partial charge in [0.2, 0.25) is 0 Å². The third-order valence-corrected chi connectivity index (χ3v) is 3.14. The molecule has 1 fully saturated rings. The fourth-order valence-electron chi connectivity index (χ4n) is 1.93. The van der Waals surface area contributed by atoms with Gasteiger partial charge in [-0.2, -0.15) is 0 Å². The van der Waals surface area contributed by atoms with E-state index in [-0.39, 0.29) is 12.2 Å². The van der Waals surface area contributed by atoms with Crippen molar-refractivity contribution in [2.75, 3.05) is 6.54 Å². The molecule has 1 unspecified atom stereocenters. The van der Waals surface area contributed by atoms with Crippen LogP contribution in [0.25, 0.3) is 0 Å². The molecule has 1 aliphatic carbocycles. The molecule has 0 bridgehead atoms. The molecule has 0 aliphatic heterocycles. The molecule has 15 heavy (non-hydrogen) atoms. The molecule has 1 saturated carbocycles. The summed E-state index contributed by atoms with van der Waals surface area (Å²) in [6.45, 7) is 4.72. The van der Waals surface area contributed by atoms with Crippen LogP contribution in [-0.4, -0.2) is 18.7 Å². The van der Waals surface area contributed by atoms with Crippen molar-refractivity contribution in [2.24, 2.45) is 5.92 Å². The van der Waals surface area contributed by atoms with Crippen molar-refractivity contribution in [3.63, 3.8) is 0 Å². The van der Waals surface area contributed by atoms with Crippen LogP contribution in [0.2, 0.25) is 0 Å². The summed E-state index contributed by atoms with van der Waals surface area (Å²) in [5, 5.41) is 2.86. The van der Waals surface area contributed by atoms with E-state index in [0.29, 0.717) is 5.92 Å². The van der Waals surface area contributed by atoms with E-state index >= 15 is 0 Å². The number of ether oxygens (including phenoxy) is 1. The molecule has 1 amide bonds. The maximum Gasteiger partial charge on any atom is 0.407 e. The summed E-state index contributed by atoms with van der Waals surface area (Å²) >= 11 is 0. The zero-order chi connectivity index (χ0) is 11.1. The Balaban J connectivity index is 2.10. The van der Waals surface area contributed by atoms with Gasteiger partial charge in [-0.05, 0) is 32.1 Å². The highest BCUT2D eigenvalue weighted by Gasteiger charge is 2.15. The number of rotatable bonds is 4. The monoisotopic (exact) mass is 213 g/mol.